The molecule has 0 amide bonds. The summed E-state index contributed by atoms with van der Waals surface area (Å²) in [6.45, 7) is 0. The van der Waals surface area contributed by atoms with Gasteiger partial charge in [0.15, 0.2) is 6.10 Å². The first-order valence-electron chi connectivity index (χ1n) is 4.24. The van der Waals surface area contributed by atoms with E-state index in [1.165, 1.54) is 19.2 Å². The monoisotopic (exact) mass is 276 g/mol. The summed E-state index contributed by atoms with van der Waals surface area (Å²) in [4.78, 5) is 10.7. The molecule has 0 radical (unpaired) electrons. The van der Waals surface area contributed by atoms with Gasteiger partial charge in [0.1, 0.15) is 5.82 Å². The summed E-state index contributed by atoms with van der Waals surface area (Å²) in [6, 6.07) is 4.49. The number of hydrogen-bond donors (Lipinski definition) is 1. The molecule has 5 heteroatoms. The molecule has 1 rings (SSSR count). The molecule has 15 heavy (non-hydrogen) atoms. The van der Waals surface area contributed by atoms with Crippen molar-refractivity contribution in [2.75, 3.05) is 7.11 Å². The van der Waals surface area contributed by atoms with Crippen LogP contribution in [-0.2, 0) is 16.0 Å². The van der Waals surface area contributed by atoms with Gasteiger partial charge < -0.3 is 9.84 Å². The Balaban J connectivity index is 2.88. The maximum Gasteiger partial charge on any atom is 0.333 e. The van der Waals surface area contributed by atoms with Gasteiger partial charge in [-0.3, -0.25) is 0 Å². The van der Waals surface area contributed by atoms with Gasteiger partial charge in [0, 0.05) is 13.5 Å². The number of carboxylic acid groups (broad SMARTS) is 1. The molecule has 0 fully saturated rings. The third-order valence-electron chi connectivity index (χ3n) is 2.00. The Morgan fingerprint density at radius 2 is 2.33 bits per heavy atom. The Morgan fingerprint density at radius 3 is 2.87 bits per heavy atom. The highest BCUT2D eigenvalue weighted by atomic mass is 79.9. The van der Waals surface area contributed by atoms with Gasteiger partial charge in [-0.2, -0.15) is 0 Å². The standard InChI is InChI=1S/C10H10BrFO3/c1-15-8(10(13)14)5-6-3-2-4-7(12)9(6)11/h2-4,8H,5H2,1H3,(H,13,14). The topological polar surface area (TPSA) is 46.5 Å². The zero-order chi connectivity index (χ0) is 11.4. The van der Waals surface area contributed by atoms with Crippen LogP contribution in [0.1, 0.15) is 5.56 Å². The molecule has 1 N–H and O–H groups in total. The lowest BCUT2D eigenvalue weighted by Crippen LogP contribution is -2.25. The fourth-order valence-corrected chi connectivity index (χ4v) is 1.60. The SMILES string of the molecule is COC(Cc1cccc(F)c1Br)C(=O)O. The van der Waals surface area contributed by atoms with E-state index in [1.807, 2.05) is 0 Å². The van der Waals surface area contributed by atoms with Gasteiger partial charge in [-0.25, -0.2) is 9.18 Å². The van der Waals surface area contributed by atoms with Crippen molar-refractivity contribution < 1.29 is 19.0 Å². The molecular formula is C10H10BrFO3. The van der Waals surface area contributed by atoms with E-state index in [9.17, 15) is 9.18 Å². The van der Waals surface area contributed by atoms with Gasteiger partial charge in [-0.05, 0) is 27.6 Å². The van der Waals surface area contributed by atoms with Crippen LogP contribution >= 0.6 is 15.9 Å². The van der Waals surface area contributed by atoms with E-state index in [1.54, 1.807) is 6.07 Å². The van der Waals surface area contributed by atoms with E-state index < -0.39 is 17.9 Å². The van der Waals surface area contributed by atoms with Crippen LogP contribution in [0.5, 0.6) is 0 Å². The minimum Gasteiger partial charge on any atom is -0.479 e. The fourth-order valence-electron chi connectivity index (χ4n) is 1.18. The van der Waals surface area contributed by atoms with Gasteiger partial charge in [-0.15, -0.1) is 0 Å². The first kappa shape index (κ1) is 12.1. The summed E-state index contributed by atoms with van der Waals surface area (Å²) < 4.78 is 18.2. The fraction of sp³-hybridized carbons (Fsp3) is 0.300. The third-order valence-corrected chi connectivity index (χ3v) is 2.88. The molecule has 1 unspecified atom stereocenters. The van der Waals surface area contributed by atoms with Crippen LogP contribution in [-0.4, -0.2) is 24.3 Å². The highest BCUT2D eigenvalue weighted by Gasteiger charge is 2.18. The van der Waals surface area contributed by atoms with Crippen molar-refractivity contribution in [3.05, 3.63) is 34.1 Å². The van der Waals surface area contributed by atoms with Gasteiger partial charge in [0.05, 0.1) is 4.47 Å². The van der Waals surface area contributed by atoms with E-state index >= 15 is 0 Å². The molecule has 82 valence electrons. The number of ether oxygens (including phenoxy) is 1. The van der Waals surface area contributed by atoms with Gasteiger partial charge in [-0.1, -0.05) is 12.1 Å². The molecule has 0 saturated heterocycles. The predicted octanol–water partition coefficient (Wildman–Crippen LogP) is 2.23. The summed E-state index contributed by atoms with van der Waals surface area (Å²) >= 11 is 3.06. The largest absolute Gasteiger partial charge is 0.479 e. The summed E-state index contributed by atoms with van der Waals surface area (Å²) in [7, 11) is 1.31. The lowest BCUT2D eigenvalue weighted by Gasteiger charge is -2.11. The second-order valence-electron chi connectivity index (χ2n) is 2.98. The number of carboxylic acids is 1. The quantitative estimate of drug-likeness (QED) is 0.918. The highest BCUT2D eigenvalue weighted by Crippen LogP contribution is 2.22. The number of aliphatic carboxylic acids is 1. The second-order valence-corrected chi connectivity index (χ2v) is 3.77. The van der Waals surface area contributed by atoms with Crippen molar-refractivity contribution in [1.82, 2.24) is 0 Å². The second kappa shape index (κ2) is 5.23. The van der Waals surface area contributed by atoms with E-state index in [2.05, 4.69) is 15.9 Å². The molecule has 0 heterocycles. The molecule has 0 spiro atoms. The normalized spacial score (nSPS) is 12.5. The molecule has 1 aromatic rings. The molecule has 0 aliphatic rings. The van der Waals surface area contributed by atoms with Crippen LogP contribution < -0.4 is 0 Å². The molecular weight excluding hydrogens is 267 g/mol. The van der Waals surface area contributed by atoms with Crippen LogP contribution in [0.4, 0.5) is 4.39 Å². The maximum atomic E-state index is 13.1. The van der Waals surface area contributed by atoms with E-state index in [-0.39, 0.29) is 10.9 Å². The molecule has 0 aliphatic carbocycles. The molecule has 0 saturated carbocycles. The van der Waals surface area contributed by atoms with Crippen LogP contribution in [0.15, 0.2) is 22.7 Å². The van der Waals surface area contributed by atoms with Crippen molar-refractivity contribution in [3.63, 3.8) is 0 Å². The van der Waals surface area contributed by atoms with Crippen LogP contribution in [0.3, 0.4) is 0 Å². The lowest BCUT2D eigenvalue weighted by molar-refractivity contribution is -0.148. The van der Waals surface area contributed by atoms with E-state index in [0.29, 0.717) is 5.56 Å². The Bertz CT molecular complexity index is 368. The third kappa shape index (κ3) is 3.00. The van der Waals surface area contributed by atoms with Crippen molar-refractivity contribution >= 4 is 21.9 Å². The Labute approximate surface area is 95.0 Å². The molecule has 0 aliphatic heterocycles. The average Bonchev–Trinajstić information content (AvgIpc) is 2.19. The molecule has 1 aromatic carbocycles. The highest BCUT2D eigenvalue weighted by molar-refractivity contribution is 9.10. The lowest BCUT2D eigenvalue weighted by atomic mass is 10.1. The van der Waals surface area contributed by atoms with Gasteiger partial charge in [0.25, 0.3) is 0 Å². The number of rotatable bonds is 4. The van der Waals surface area contributed by atoms with Gasteiger partial charge in [0.2, 0.25) is 0 Å². The summed E-state index contributed by atoms with van der Waals surface area (Å²) in [5.74, 6) is -1.47. The minimum absolute atomic E-state index is 0.129. The number of methoxy groups -OCH3 is 1. The first-order valence-corrected chi connectivity index (χ1v) is 5.04. The number of hydrogen-bond acceptors (Lipinski definition) is 2. The number of halogens is 2. The summed E-state index contributed by atoms with van der Waals surface area (Å²) in [5, 5.41) is 8.76. The Morgan fingerprint density at radius 1 is 1.67 bits per heavy atom. The number of benzene rings is 1. The summed E-state index contributed by atoms with van der Waals surface area (Å²) in [5.41, 5.74) is 0.573. The van der Waals surface area contributed by atoms with Crippen LogP contribution in [0.2, 0.25) is 0 Å². The predicted molar refractivity (Wildman–Crippen MR) is 56.2 cm³/mol. The average molecular weight is 277 g/mol. The van der Waals surface area contributed by atoms with Gasteiger partial charge >= 0.3 is 5.97 Å². The minimum atomic E-state index is -1.06. The van der Waals surface area contributed by atoms with E-state index in [0.717, 1.165) is 0 Å². The zero-order valence-corrected chi connectivity index (χ0v) is 9.62. The zero-order valence-electron chi connectivity index (χ0n) is 8.04. The first-order chi connectivity index (χ1) is 7.06. The number of carbonyl (C=O) groups is 1. The molecule has 1 atom stereocenters. The molecule has 0 bridgehead atoms. The van der Waals surface area contributed by atoms with Crippen molar-refractivity contribution in [1.29, 1.82) is 0 Å². The van der Waals surface area contributed by atoms with Crippen molar-refractivity contribution in [2.45, 2.75) is 12.5 Å². The van der Waals surface area contributed by atoms with E-state index in [4.69, 9.17) is 9.84 Å². The van der Waals surface area contributed by atoms with Crippen molar-refractivity contribution in [2.24, 2.45) is 0 Å². The van der Waals surface area contributed by atoms with Crippen molar-refractivity contribution in [3.8, 4) is 0 Å². The molecule has 3 nitrogen and oxygen atoms in total. The Hall–Kier alpha value is -0.940. The Kier molecular flexibility index (Phi) is 4.23. The molecule has 0 aromatic heterocycles. The van der Waals surface area contributed by atoms with Crippen LogP contribution in [0, 0.1) is 5.82 Å². The maximum absolute atomic E-state index is 13.1. The van der Waals surface area contributed by atoms with Crippen LogP contribution in [0.25, 0.3) is 0 Å². The summed E-state index contributed by atoms with van der Waals surface area (Å²) in [6.07, 6.45) is -0.826. The smallest absolute Gasteiger partial charge is 0.333 e.